The van der Waals surface area contributed by atoms with Crippen molar-refractivity contribution in [3.63, 3.8) is 0 Å². The van der Waals surface area contributed by atoms with E-state index >= 15 is 0 Å². The zero-order chi connectivity index (χ0) is 30.0. The monoisotopic (exact) mass is 578 g/mol. The van der Waals surface area contributed by atoms with Crippen LogP contribution in [0.1, 0.15) is 16.7 Å². The van der Waals surface area contributed by atoms with Crippen molar-refractivity contribution < 1.29 is 52.7 Å². The summed E-state index contributed by atoms with van der Waals surface area (Å²) in [4.78, 5) is 0. The van der Waals surface area contributed by atoms with E-state index in [1.54, 1.807) is 0 Å². The summed E-state index contributed by atoms with van der Waals surface area (Å²) in [5.74, 6) is 1.28. The molecule has 0 atom stereocenters. The van der Waals surface area contributed by atoms with Gasteiger partial charge in [-0.15, -0.1) is 0 Å². The molecule has 0 heterocycles. The third-order valence-electron chi connectivity index (χ3n) is 5.43. The molecule has 0 spiro atoms. The van der Waals surface area contributed by atoms with Gasteiger partial charge in [0.15, 0.2) is 0 Å². The van der Waals surface area contributed by atoms with Gasteiger partial charge in [-0.1, -0.05) is 18.2 Å². The van der Waals surface area contributed by atoms with Crippen LogP contribution in [0.4, 0.5) is 52.7 Å². The largest absolute Gasteiger partial charge is 0.263 e. The van der Waals surface area contributed by atoms with Crippen molar-refractivity contribution in [3.8, 4) is 0 Å². The Bertz CT molecular complexity index is 1190. The predicted molar refractivity (Wildman–Crippen MR) is 127 cm³/mol. The van der Waals surface area contributed by atoms with Gasteiger partial charge < -0.3 is 0 Å². The minimum atomic E-state index is -6.57. The van der Waals surface area contributed by atoms with Gasteiger partial charge >= 0.3 is 0 Å². The Morgan fingerprint density at radius 2 is 0.550 bits per heavy atom. The molecule has 0 saturated carbocycles. The van der Waals surface area contributed by atoms with Gasteiger partial charge in [0.25, 0.3) is 30.5 Å². The highest BCUT2D eigenvalue weighted by Crippen LogP contribution is 2.46. The second kappa shape index (κ2) is 14.2. The number of hydrogen-bond donors (Lipinski definition) is 0. The van der Waals surface area contributed by atoms with Crippen LogP contribution >= 0.6 is 0 Å². The third kappa shape index (κ3) is 7.02. The van der Waals surface area contributed by atoms with Gasteiger partial charge in [0.1, 0.15) is 0 Å². The van der Waals surface area contributed by atoms with Crippen molar-refractivity contribution in [1.82, 2.24) is 0 Å². The van der Waals surface area contributed by atoms with Gasteiger partial charge in [0.05, 0.1) is 22.6 Å². The first-order valence-corrected chi connectivity index (χ1v) is 10.9. The van der Waals surface area contributed by atoms with Crippen molar-refractivity contribution >= 4 is 6.15 Å². The predicted octanol–water partition coefficient (Wildman–Crippen LogP) is 10.6. The van der Waals surface area contributed by atoms with Crippen LogP contribution in [0.15, 0.2) is 138 Å². The molecule has 3 aromatic carbocycles. The second-order valence-electron chi connectivity index (χ2n) is 7.77. The van der Waals surface area contributed by atoms with Crippen LogP contribution < -0.4 is 0 Å². The molecule has 40 heavy (non-hydrogen) atoms. The van der Waals surface area contributed by atoms with Crippen LogP contribution in [0.3, 0.4) is 0 Å². The van der Waals surface area contributed by atoms with Gasteiger partial charge in [0, 0.05) is 22.9 Å². The van der Waals surface area contributed by atoms with Crippen molar-refractivity contribution in [3.05, 3.63) is 161 Å². The first-order chi connectivity index (χ1) is 18.9. The van der Waals surface area contributed by atoms with Crippen LogP contribution in [0.2, 0.25) is 0 Å². The topological polar surface area (TPSA) is 0 Å². The molecule has 0 aliphatic carbocycles. The molecule has 0 aliphatic rings. The molecule has 0 amide bonds. The Morgan fingerprint density at radius 3 is 0.725 bits per heavy atom. The fourth-order valence-corrected chi connectivity index (χ4v) is 3.64. The lowest BCUT2D eigenvalue weighted by Gasteiger charge is -2.32. The lowest BCUT2D eigenvalue weighted by atomic mass is 9.21. The van der Waals surface area contributed by atoms with Gasteiger partial charge in [-0.3, -0.25) is 17.6 Å². The Kier molecular flexibility index (Phi) is 11.3. The van der Waals surface area contributed by atoms with Gasteiger partial charge in [0.2, 0.25) is 0 Å². The van der Waals surface area contributed by atoms with E-state index in [0.717, 1.165) is 0 Å². The van der Waals surface area contributed by atoms with E-state index < -0.39 is 53.4 Å². The van der Waals surface area contributed by atoms with Gasteiger partial charge in [-0.2, -0.15) is 35.1 Å². The molecule has 210 valence electrons. The van der Waals surface area contributed by atoms with Crippen LogP contribution in [-0.4, -0.2) is 6.15 Å². The highest BCUT2D eigenvalue weighted by atomic mass is 19.3. The number of halogens is 12. The molecule has 0 fully saturated rings. The summed E-state index contributed by atoms with van der Waals surface area (Å²) in [7, 11) is 0. The average Bonchev–Trinajstić information content (AvgIpc) is 2.95. The zero-order valence-electron chi connectivity index (χ0n) is 19.8. The van der Waals surface area contributed by atoms with Crippen molar-refractivity contribution in [1.29, 1.82) is 0 Å². The van der Waals surface area contributed by atoms with E-state index in [4.69, 9.17) is 0 Å². The third-order valence-corrected chi connectivity index (χ3v) is 5.43. The van der Waals surface area contributed by atoms with Crippen LogP contribution in [0.25, 0.3) is 0 Å². The summed E-state index contributed by atoms with van der Waals surface area (Å²) < 4.78 is 148. The van der Waals surface area contributed by atoms with E-state index in [9.17, 15) is 52.7 Å². The molecule has 0 aliphatic heterocycles. The Balaban J connectivity index is 0.000000281. The summed E-state index contributed by atoms with van der Waals surface area (Å²) >= 11 is 0. The summed E-state index contributed by atoms with van der Waals surface area (Å²) in [5.41, 5.74) is -11.7. The fourth-order valence-electron chi connectivity index (χ4n) is 3.64. The maximum atomic E-state index is 13.0. The molecule has 13 heteroatoms. The molecule has 0 nitrogen and oxygen atoms in total. The van der Waals surface area contributed by atoms with Crippen molar-refractivity contribution in [2.75, 3.05) is 0 Å². The number of rotatable bonds is 7. The van der Waals surface area contributed by atoms with Gasteiger partial charge in [-0.25, -0.2) is 0 Å². The van der Waals surface area contributed by atoms with E-state index in [2.05, 4.69) is 91.0 Å². The van der Waals surface area contributed by atoms with E-state index in [-0.39, 0.29) is 0 Å². The van der Waals surface area contributed by atoms with E-state index in [1.165, 1.54) is 22.6 Å². The van der Waals surface area contributed by atoms with Crippen LogP contribution in [0, 0.1) is 5.92 Å². The second-order valence-corrected chi connectivity index (χ2v) is 7.77. The normalized spacial score (nSPS) is 10.5. The molecule has 0 unspecified atom stereocenters. The molecule has 0 radical (unpaired) electrons. The Morgan fingerprint density at radius 1 is 0.350 bits per heavy atom. The lowest BCUT2D eigenvalue weighted by molar-refractivity contribution is 0.364. The first-order valence-electron chi connectivity index (χ1n) is 10.9. The Labute approximate surface area is 220 Å². The average molecular weight is 578 g/mol. The molecular formula is C27H15BF12. The first kappa shape index (κ1) is 31.9. The number of benzene rings is 3. The van der Waals surface area contributed by atoms with Crippen LogP contribution in [0.5, 0.6) is 0 Å². The molecule has 0 aromatic heterocycles. The quantitative estimate of drug-likeness (QED) is 0.113. The molecule has 0 bridgehead atoms. The number of hydrogen-bond acceptors (Lipinski definition) is 0. The molecular weight excluding hydrogens is 563 g/mol. The van der Waals surface area contributed by atoms with Crippen molar-refractivity contribution in [2.24, 2.45) is 0 Å². The summed E-state index contributed by atoms with van der Waals surface area (Å²) in [5, 5.41) is 0. The molecule has 3 aromatic rings. The van der Waals surface area contributed by atoms with Gasteiger partial charge in [-0.05, 0) is 72.8 Å². The highest BCUT2D eigenvalue weighted by molar-refractivity contribution is 7.02. The van der Waals surface area contributed by atoms with E-state index in [0.29, 0.717) is 0 Å². The molecule has 0 saturated heterocycles. The SMILES string of the molecule is FC(F)=C(F)[B-](C(F)=C(F)F)(C(F)=C(F)F)C(F)=C(F)F.c1ccc([C+](c2ccccc2)c2ccccc2)cc1. The minimum absolute atomic E-state index is 1.25. The molecule has 0 N–H and O–H groups in total. The van der Waals surface area contributed by atoms with Crippen molar-refractivity contribution in [2.45, 2.75) is 0 Å². The lowest BCUT2D eigenvalue weighted by Crippen LogP contribution is -2.42. The van der Waals surface area contributed by atoms with Crippen LogP contribution in [-0.2, 0) is 0 Å². The standard InChI is InChI=1S/C19H15.C8BF12/c1-4-10-16(11-5-1)19(17-12-6-2-7-13-17)18-14-8-3-9-15-18;10-1(5(14)15)9(2(11)6(16)17,3(12)7(18)19)4(13)8(20)21/h1-15H;/q+1;-1. The summed E-state index contributed by atoms with van der Waals surface area (Å²) in [6, 6.07) is 31.6. The molecule has 3 rings (SSSR count). The maximum Gasteiger partial charge on any atom is 0.263 e. The van der Waals surface area contributed by atoms with E-state index in [1.807, 2.05) is 0 Å². The summed E-state index contributed by atoms with van der Waals surface area (Å²) in [6.45, 7) is 0. The maximum absolute atomic E-state index is 13.0. The zero-order valence-corrected chi connectivity index (χ0v) is 19.8. The Hall–Kier alpha value is -4.29. The minimum Gasteiger partial charge on any atom is -0.251 e. The smallest absolute Gasteiger partial charge is 0.251 e. The highest BCUT2D eigenvalue weighted by Gasteiger charge is 2.51. The summed E-state index contributed by atoms with van der Waals surface area (Å²) in [6.07, 6.45) is -22.4. The fraction of sp³-hybridized carbons (Fsp3) is 0.